The summed E-state index contributed by atoms with van der Waals surface area (Å²) < 4.78 is 11.2. The molecule has 1 rings (SSSR count). The molecule has 0 aromatic heterocycles. The van der Waals surface area contributed by atoms with Crippen molar-refractivity contribution in [1.82, 2.24) is 0 Å². The number of carbonyl (C=O) groups is 1. The van der Waals surface area contributed by atoms with Crippen LogP contribution in [0.2, 0.25) is 0 Å². The Kier molecular flexibility index (Phi) is 5.22. The molecule has 3 nitrogen and oxygen atoms in total. The normalized spacial score (nSPS) is 9.82. The second-order valence-corrected chi connectivity index (χ2v) is 4.56. The van der Waals surface area contributed by atoms with Gasteiger partial charge in [-0.25, -0.2) is 4.79 Å². The number of hydrogen-bond donors (Lipinski definition) is 0. The van der Waals surface area contributed by atoms with Crippen LogP contribution in [0.25, 0.3) is 0 Å². The van der Waals surface area contributed by atoms with Gasteiger partial charge >= 0.3 is 5.97 Å². The molecular formula is C13H15BrO3. The largest absolute Gasteiger partial charge is 0.489 e. The molecule has 0 heterocycles. The van der Waals surface area contributed by atoms with E-state index < -0.39 is 0 Å². The van der Waals surface area contributed by atoms with Gasteiger partial charge in [-0.2, -0.15) is 0 Å². The Morgan fingerprint density at radius 2 is 2.12 bits per heavy atom. The molecule has 0 aliphatic rings. The van der Waals surface area contributed by atoms with Crippen LogP contribution in [0, 0.1) is 0 Å². The highest BCUT2D eigenvalue weighted by Crippen LogP contribution is 2.22. The molecule has 0 saturated heterocycles. The molecule has 1 aromatic rings. The van der Waals surface area contributed by atoms with Crippen molar-refractivity contribution in [1.29, 1.82) is 0 Å². The molecule has 0 spiro atoms. The number of esters is 1. The molecule has 17 heavy (non-hydrogen) atoms. The molecular weight excluding hydrogens is 284 g/mol. The number of halogens is 1. The first kappa shape index (κ1) is 13.8. The van der Waals surface area contributed by atoms with E-state index in [1.165, 1.54) is 0 Å². The van der Waals surface area contributed by atoms with Gasteiger partial charge in [0.05, 0.1) is 12.2 Å². The number of ether oxygens (including phenoxy) is 2. The van der Waals surface area contributed by atoms with Crippen molar-refractivity contribution in [3.8, 4) is 5.75 Å². The fraction of sp³-hybridized carbons (Fsp3) is 0.308. The van der Waals surface area contributed by atoms with Gasteiger partial charge in [0.15, 0.2) is 0 Å². The Bertz CT molecular complexity index is 427. The predicted octanol–water partition coefficient (Wildman–Crippen LogP) is 3.58. The second kappa shape index (κ2) is 6.45. The van der Waals surface area contributed by atoms with Gasteiger partial charge in [0.1, 0.15) is 12.4 Å². The first-order valence-corrected chi connectivity index (χ1v) is 6.07. The van der Waals surface area contributed by atoms with Crippen molar-refractivity contribution in [2.75, 3.05) is 13.2 Å². The van der Waals surface area contributed by atoms with Crippen LogP contribution >= 0.6 is 15.9 Å². The molecule has 92 valence electrons. The van der Waals surface area contributed by atoms with E-state index in [-0.39, 0.29) is 5.97 Å². The standard InChI is InChI=1S/C13H15BrO3/c1-4-16-13(15)10-5-11(14)7-12(6-10)17-8-9(2)3/h5-7H,2,4,8H2,1,3H3. The molecule has 0 bridgehead atoms. The summed E-state index contributed by atoms with van der Waals surface area (Å²) in [7, 11) is 0. The third-order valence-corrected chi connectivity index (χ3v) is 2.33. The maximum atomic E-state index is 11.6. The van der Waals surface area contributed by atoms with Crippen LogP contribution in [0.1, 0.15) is 24.2 Å². The lowest BCUT2D eigenvalue weighted by atomic mass is 10.2. The zero-order valence-electron chi connectivity index (χ0n) is 9.96. The van der Waals surface area contributed by atoms with Gasteiger partial charge in [-0.05, 0) is 37.6 Å². The third-order valence-electron chi connectivity index (χ3n) is 1.87. The van der Waals surface area contributed by atoms with E-state index in [2.05, 4.69) is 22.5 Å². The molecule has 0 N–H and O–H groups in total. The van der Waals surface area contributed by atoms with Crippen LogP contribution in [0.15, 0.2) is 34.8 Å². The summed E-state index contributed by atoms with van der Waals surface area (Å²) in [6.07, 6.45) is 0. The van der Waals surface area contributed by atoms with Gasteiger partial charge in [0.2, 0.25) is 0 Å². The van der Waals surface area contributed by atoms with E-state index in [1.54, 1.807) is 25.1 Å². The van der Waals surface area contributed by atoms with Crippen LogP contribution < -0.4 is 4.74 Å². The number of rotatable bonds is 5. The molecule has 4 heteroatoms. The highest BCUT2D eigenvalue weighted by atomic mass is 79.9. The molecule has 0 atom stereocenters. The summed E-state index contributed by atoms with van der Waals surface area (Å²) in [6.45, 7) is 8.19. The van der Waals surface area contributed by atoms with Gasteiger partial charge in [0.25, 0.3) is 0 Å². The average Bonchev–Trinajstić information content (AvgIpc) is 2.26. The monoisotopic (exact) mass is 298 g/mol. The van der Waals surface area contributed by atoms with E-state index in [0.717, 1.165) is 10.0 Å². The first-order valence-electron chi connectivity index (χ1n) is 5.27. The lowest BCUT2D eigenvalue weighted by Gasteiger charge is -2.08. The highest BCUT2D eigenvalue weighted by molar-refractivity contribution is 9.10. The van der Waals surface area contributed by atoms with E-state index in [0.29, 0.717) is 24.5 Å². The minimum atomic E-state index is -0.353. The summed E-state index contributed by atoms with van der Waals surface area (Å²) >= 11 is 3.33. The van der Waals surface area contributed by atoms with Crippen molar-refractivity contribution in [2.45, 2.75) is 13.8 Å². The van der Waals surface area contributed by atoms with Crippen LogP contribution in [-0.4, -0.2) is 19.2 Å². The van der Waals surface area contributed by atoms with E-state index >= 15 is 0 Å². The summed E-state index contributed by atoms with van der Waals surface area (Å²) in [6, 6.07) is 5.16. The highest BCUT2D eigenvalue weighted by Gasteiger charge is 2.09. The van der Waals surface area contributed by atoms with Crippen molar-refractivity contribution < 1.29 is 14.3 Å². The van der Waals surface area contributed by atoms with Gasteiger partial charge in [-0.3, -0.25) is 0 Å². The molecule has 0 fully saturated rings. The third kappa shape index (κ3) is 4.61. The van der Waals surface area contributed by atoms with Crippen LogP contribution in [-0.2, 0) is 4.74 Å². The molecule has 0 saturated carbocycles. The minimum Gasteiger partial charge on any atom is -0.489 e. The van der Waals surface area contributed by atoms with Crippen molar-refractivity contribution in [3.05, 3.63) is 40.4 Å². The SMILES string of the molecule is C=C(C)COc1cc(Br)cc(C(=O)OCC)c1. The molecule has 0 amide bonds. The summed E-state index contributed by atoms with van der Waals surface area (Å²) in [5.41, 5.74) is 1.39. The fourth-order valence-electron chi connectivity index (χ4n) is 1.18. The van der Waals surface area contributed by atoms with Crippen molar-refractivity contribution in [3.63, 3.8) is 0 Å². The van der Waals surface area contributed by atoms with Gasteiger partial charge in [0, 0.05) is 4.47 Å². The molecule has 0 aliphatic carbocycles. The summed E-state index contributed by atoms with van der Waals surface area (Å²) in [5.74, 6) is 0.263. The maximum Gasteiger partial charge on any atom is 0.338 e. The number of benzene rings is 1. The Balaban J connectivity index is 2.86. The average molecular weight is 299 g/mol. The number of carbonyl (C=O) groups excluding carboxylic acids is 1. The molecule has 0 radical (unpaired) electrons. The first-order chi connectivity index (χ1) is 8.02. The smallest absolute Gasteiger partial charge is 0.338 e. The van der Waals surface area contributed by atoms with Gasteiger partial charge < -0.3 is 9.47 Å². The zero-order valence-corrected chi connectivity index (χ0v) is 11.5. The Morgan fingerprint density at radius 3 is 2.71 bits per heavy atom. The van der Waals surface area contributed by atoms with Gasteiger partial charge in [-0.1, -0.05) is 22.5 Å². The summed E-state index contributed by atoms with van der Waals surface area (Å²) in [5, 5.41) is 0. The summed E-state index contributed by atoms with van der Waals surface area (Å²) in [4.78, 5) is 11.6. The Labute approximate surface area is 110 Å². The van der Waals surface area contributed by atoms with E-state index in [9.17, 15) is 4.79 Å². The number of hydrogen-bond acceptors (Lipinski definition) is 3. The molecule has 1 aromatic carbocycles. The minimum absolute atomic E-state index is 0.353. The zero-order chi connectivity index (χ0) is 12.8. The van der Waals surface area contributed by atoms with E-state index in [1.807, 2.05) is 6.92 Å². The van der Waals surface area contributed by atoms with E-state index in [4.69, 9.17) is 9.47 Å². The quantitative estimate of drug-likeness (QED) is 0.616. The van der Waals surface area contributed by atoms with Crippen LogP contribution in [0.3, 0.4) is 0 Å². The van der Waals surface area contributed by atoms with Crippen molar-refractivity contribution >= 4 is 21.9 Å². The van der Waals surface area contributed by atoms with Gasteiger partial charge in [-0.15, -0.1) is 0 Å². The maximum absolute atomic E-state index is 11.6. The topological polar surface area (TPSA) is 35.5 Å². The van der Waals surface area contributed by atoms with Crippen molar-refractivity contribution in [2.24, 2.45) is 0 Å². The Hall–Kier alpha value is -1.29. The predicted molar refractivity (Wildman–Crippen MR) is 70.4 cm³/mol. The molecule has 0 aliphatic heterocycles. The fourth-order valence-corrected chi connectivity index (χ4v) is 1.66. The van der Waals surface area contributed by atoms with Crippen LogP contribution in [0.4, 0.5) is 0 Å². The Morgan fingerprint density at radius 1 is 1.41 bits per heavy atom. The van der Waals surface area contributed by atoms with Crippen LogP contribution in [0.5, 0.6) is 5.75 Å². The lowest BCUT2D eigenvalue weighted by molar-refractivity contribution is 0.0526. The molecule has 0 unspecified atom stereocenters. The second-order valence-electron chi connectivity index (χ2n) is 3.64. The lowest BCUT2D eigenvalue weighted by Crippen LogP contribution is -2.05.